The van der Waals surface area contributed by atoms with Crippen LogP contribution >= 0.6 is 0 Å². The van der Waals surface area contributed by atoms with E-state index < -0.39 is 6.09 Å². The topological polar surface area (TPSA) is 73.2 Å². The highest BCUT2D eigenvalue weighted by Crippen LogP contribution is 1.86. The molecule has 0 rings (SSSR count). The Balaban J connectivity index is 3.53. The zero-order chi connectivity index (χ0) is 8.85. The first-order valence-electron chi connectivity index (χ1n) is 3.06. The van der Waals surface area contributed by atoms with E-state index in [1.807, 2.05) is 0 Å². The number of nitrogens with zero attached hydrogens (tertiary/aromatic N) is 3. The van der Waals surface area contributed by atoms with Crippen molar-refractivity contribution in [3.05, 3.63) is 4.91 Å². The highest BCUT2D eigenvalue weighted by Gasteiger charge is 2.05. The molecule has 0 aromatic rings. The van der Waals surface area contributed by atoms with Gasteiger partial charge in [0, 0.05) is 20.6 Å². The first-order chi connectivity index (χ1) is 5.07. The highest BCUT2D eigenvalue weighted by molar-refractivity contribution is 5.64. The molecule has 0 aliphatic carbocycles. The molecule has 0 fully saturated rings. The Hall–Kier alpha value is -1.33. The normalized spacial score (nSPS) is 8.91. The summed E-state index contributed by atoms with van der Waals surface area (Å²) in [6, 6.07) is 0. The van der Waals surface area contributed by atoms with Crippen LogP contribution in [-0.4, -0.2) is 48.3 Å². The summed E-state index contributed by atoms with van der Waals surface area (Å²) >= 11 is 0. The molecule has 0 aromatic carbocycles. The molecular weight excluding hydrogens is 150 g/mol. The van der Waals surface area contributed by atoms with Gasteiger partial charge in [-0.3, -0.25) is 5.01 Å². The van der Waals surface area contributed by atoms with Gasteiger partial charge in [0.15, 0.2) is 0 Å². The van der Waals surface area contributed by atoms with Crippen LogP contribution in [0.25, 0.3) is 0 Å². The third-order valence-corrected chi connectivity index (χ3v) is 1.22. The van der Waals surface area contributed by atoms with Crippen molar-refractivity contribution >= 4 is 6.09 Å². The van der Waals surface area contributed by atoms with Gasteiger partial charge in [-0.15, -0.1) is 4.91 Å². The minimum atomic E-state index is -1.01. The van der Waals surface area contributed by atoms with Gasteiger partial charge in [0.05, 0.1) is 11.8 Å². The van der Waals surface area contributed by atoms with Crippen LogP contribution in [0.15, 0.2) is 5.29 Å². The third-order valence-electron chi connectivity index (χ3n) is 1.22. The molecule has 0 radical (unpaired) electrons. The zero-order valence-corrected chi connectivity index (χ0v) is 6.52. The Labute approximate surface area is 64.3 Å². The molecule has 6 nitrogen and oxygen atoms in total. The van der Waals surface area contributed by atoms with Crippen LogP contribution in [0.5, 0.6) is 0 Å². The second kappa shape index (κ2) is 4.48. The fraction of sp³-hybridized carbons (Fsp3) is 0.800. The number of amides is 1. The second-order valence-electron chi connectivity index (χ2n) is 2.17. The van der Waals surface area contributed by atoms with Crippen LogP contribution in [0.2, 0.25) is 0 Å². The van der Waals surface area contributed by atoms with E-state index in [2.05, 4.69) is 5.29 Å². The summed E-state index contributed by atoms with van der Waals surface area (Å²) in [5.41, 5.74) is 0. The first kappa shape index (κ1) is 9.67. The van der Waals surface area contributed by atoms with E-state index in [1.165, 1.54) is 14.1 Å². The number of hydrogen-bond donors (Lipinski definition) is 1. The molecule has 0 atom stereocenters. The molecule has 0 heterocycles. The predicted molar refractivity (Wildman–Crippen MR) is 39.1 cm³/mol. The highest BCUT2D eigenvalue weighted by atomic mass is 16.4. The van der Waals surface area contributed by atoms with E-state index in [0.717, 1.165) is 9.91 Å². The first-order valence-corrected chi connectivity index (χ1v) is 3.06. The number of nitroso groups, excluding NO2 is 1. The molecule has 0 saturated heterocycles. The van der Waals surface area contributed by atoms with E-state index in [9.17, 15) is 9.70 Å². The molecule has 0 bridgehead atoms. The van der Waals surface area contributed by atoms with Gasteiger partial charge in [-0.2, -0.15) is 0 Å². The summed E-state index contributed by atoms with van der Waals surface area (Å²) in [4.78, 5) is 21.1. The molecule has 0 spiro atoms. The molecule has 64 valence electrons. The van der Waals surface area contributed by atoms with Crippen LogP contribution < -0.4 is 0 Å². The maximum atomic E-state index is 10.2. The van der Waals surface area contributed by atoms with Crippen molar-refractivity contribution in [2.45, 2.75) is 0 Å². The second-order valence-corrected chi connectivity index (χ2v) is 2.17. The van der Waals surface area contributed by atoms with Crippen molar-refractivity contribution < 1.29 is 9.90 Å². The Morgan fingerprint density at radius 1 is 1.45 bits per heavy atom. The maximum absolute atomic E-state index is 10.2. The summed E-state index contributed by atoms with van der Waals surface area (Å²) in [5.74, 6) is 0. The van der Waals surface area contributed by atoms with Crippen LogP contribution in [0.4, 0.5) is 4.79 Å². The lowest BCUT2D eigenvalue weighted by molar-refractivity contribution is 0.151. The number of hydrogen-bond acceptors (Lipinski definition) is 3. The summed E-state index contributed by atoms with van der Waals surface area (Å²) in [6.07, 6.45) is -1.01. The third kappa shape index (κ3) is 4.12. The molecule has 11 heavy (non-hydrogen) atoms. The lowest BCUT2D eigenvalue weighted by atomic mass is 10.5. The van der Waals surface area contributed by atoms with Gasteiger partial charge >= 0.3 is 6.09 Å². The van der Waals surface area contributed by atoms with Crippen LogP contribution in [0.1, 0.15) is 0 Å². The van der Waals surface area contributed by atoms with E-state index in [0.29, 0.717) is 6.54 Å². The monoisotopic (exact) mass is 161 g/mol. The molecule has 0 aromatic heterocycles. The minimum absolute atomic E-state index is 0.275. The molecule has 1 N–H and O–H groups in total. The summed E-state index contributed by atoms with van der Waals surface area (Å²) in [7, 11) is 2.92. The molecule has 6 heteroatoms. The number of likely N-dealkylation sites (N-methyl/N-ethyl adjacent to an activating group) is 2. The van der Waals surface area contributed by atoms with Crippen molar-refractivity contribution in [1.82, 2.24) is 9.91 Å². The van der Waals surface area contributed by atoms with Crippen molar-refractivity contribution in [3.8, 4) is 0 Å². The average Bonchev–Trinajstić information content (AvgIpc) is 1.99. The maximum Gasteiger partial charge on any atom is 0.407 e. The fourth-order valence-electron chi connectivity index (χ4n) is 0.431. The number of carbonyl (C=O) groups is 1. The minimum Gasteiger partial charge on any atom is -0.465 e. The lowest BCUT2D eigenvalue weighted by Gasteiger charge is -2.14. The van der Waals surface area contributed by atoms with Gasteiger partial charge in [0.1, 0.15) is 0 Å². The van der Waals surface area contributed by atoms with Crippen LogP contribution in [0, 0.1) is 4.91 Å². The van der Waals surface area contributed by atoms with Crippen LogP contribution in [0.3, 0.4) is 0 Å². The quantitative estimate of drug-likeness (QED) is 0.472. The smallest absolute Gasteiger partial charge is 0.407 e. The predicted octanol–water partition coefficient (Wildman–Crippen LogP) is 0.209. The molecule has 0 unspecified atom stereocenters. The SMILES string of the molecule is CN(CCN(C)C(=O)O)N=O. The Morgan fingerprint density at radius 3 is 2.36 bits per heavy atom. The van der Waals surface area contributed by atoms with E-state index in [4.69, 9.17) is 5.11 Å². The molecule has 0 saturated carbocycles. The Kier molecular flexibility index (Phi) is 3.94. The van der Waals surface area contributed by atoms with Crippen molar-refractivity contribution in [3.63, 3.8) is 0 Å². The average molecular weight is 161 g/mol. The van der Waals surface area contributed by atoms with E-state index in [1.54, 1.807) is 0 Å². The molecular formula is C5H11N3O3. The zero-order valence-electron chi connectivity index (χ0n) is 6.52. The summed E-state index contributed by atoms with van der Waals surface area (Å²) < 4.78 is 0. The van der Waals surface area contributed by atoms with Gasteiger partial charge in [-0.1, -0.05) is 0 Å². The summed E-state index contributed by atoms with van der Waals surface area (Å²) in [6.45, 7) is 0.587. The Bertz CT molecular complexity index is 150. The van der Waals surface area contributed by atoms with E-state index >= 15 is 0 Å². The number of carboxylic acid groups (broad SMARTS) is 1. The Morgan fingerprint density at radius 2 is 2.00 bits per heavy atom. The van der Waals surface area contributed by atoms with Gasteiger partial charge in [0.2, 0.25) is 0 Å². The largest absolute Gasteiger partial charge is 0.465 e. The van der Waals surface area contributed by atoms with Crippen molar-refractivity contribution in [2.75, 3.05) is 27.2 Å². The number of rotatable bonds is 4. The van der Waals surface area contributed by atoms with Crippen molar-refractivity contribution in [2.24, 2.45) is 5.29 Å². The molecule has 1 amide bonds. The lowest BCUT2D eigenvalue weighted by Crippen LogP contribution is -2.31. The van der Waals surface area contributed by atoms with Gasteiger partial charge in [-0.05, 0) is 0 Å². The van der Waals surface area contributed by atoms with Gasteiger partial charge in [0.25, 0.3) is 0 Å². The molecule has 0 aliphatic heterocycles. The summed E-state index contributed by atoms with van der Waals surface area (Å²) in [5, 5.41) is 12.1. The van der Waals surface area contributed by atoms with Gasteiger partial charge < -0.3 is 10.0 Å². The van der Waals surface area contributed by atoms with Crippen LogP contribution in [-0.2, 0) is 0 Å². The van der Waals surface area contributed by atoms with Gasteiger partial charge in [-0.25, -0.2) is 4.79 Å². The standard InChI is InChI=1S/C5H11N3O3/c1-7(5(9)10)3-4-8(2)6-11/h3-4H2,1-2H3,(H,9,10). The molecule has 0 aliphatic rings. The van der Waals surface area contributed by atoms with E-state index in [-0.39, 0.29) is 6.54 Å². The fourth-order valence-corrected chi connectivity index (χ4v) is 0.431. The van der Waals surface area contributed by atoms with Crippen molar-refractivity contribution in [1.29, 1.82) is 0 Å².